The van der Waals surface area contributed by atoms with Crippen LogP contribution in [0.5, 0.6) is 5.75 Å². The van der Waals surface area contributed by atoms with E-state index < -0.39 is 0 Å². The predicted molar refractivity (Wildman–Crippen MR) is 90.6 cm³/mol. The van der Waals surface area contributed by atoms with Gasteiger partial charge in [-0.25, -0.2) is 0 Å². The van der Waals surface area contributed by atoms with Crippen molar-refractivity contribution in [1.29, 1.82) is 5.26 Å². The second kappa shape index (κ2) is 8.34. The van der Waals surface area contributed by atoms with E-state index in [2.05, 4.69) is 10.6 Å². The highest BCUT2D eigenvalue weighted by Gasteiger charge is 2.06. The zero-order chi connectivity index (χ0) is 17.4. The van der Waals surface area contributed by atoms with Crippen molar-refractivity contribution in [2.24, 2.45) is 0 Å². The van der Waals surface area contributed by atoms with E-state index in [0.717, 1.165) is 11.3 Å². The van der Waals surface area contributed by atoms with Crippen molar-refractivity contribution in [3.05, 3.63) is 54.1 Å². The van der Waals surface area contributed by atoms with Crippen LogP contribution in [-0.2, 0) is 16.0 Å². The molecule has 0 aromatic heterocycles. The number of carbonyl (C=O) groups is 2. The molecule has 0 heterocycles. The van der Waals surface area contributed by atoms with E-state index in [1.54, 1.807) is 49.6 Å². The first-order valence-corrected chi connectivity index (χ1v) is 7.30. The molecule has 2 N–H and O–H groups in total. The zero-order valence-electron chi connectivity index (χ0n) is 13.2. The quantitative estimate of drug-likeness (QED) is 0.855. The minimum absolute atomic E-state index is 0.166. The first-order chi connectivity index (χ1) is 11.6. The summed E-state index contributed by atoms with van der Waals surface area (Å²) >= 11 is 0. The maximum atomic E-state index is 12.1. The highest BCUT2D eigenvalue weighted by molar-refractivity contribution is 5.95. The van der Waals surface area contributed by atoms with E-state index in [0.29, 0.717) is 11.4 Å². The van der Waals surface area contributed by atoms with Gasteiger partial charge in [-0.05, 0) is 35.9 Å². The fraction of sp³-hybridized carbons (Fsp3) is 0.167. The van der Waals surface area contributed by atoms with Gasteiger partial charge in [-0.1, -0.05) is 18.2 Å². The Morgan fingerprint density at radius 1 is 1.04 bits per heavy atom. The first-order valence-electron chi connectivity index (χ1n) is 7.30. The Hall–Kier alpha value is -3.33. The molecule has 0 aliphatic heterocycles. The Bertz CT molecular complexity index is 764. The number of ether oxygens (including phenoxy) is 1. The summed E-state index contributed by atoms with van der Waals surface area (Å²) in [5.41, 5.74) is 1.97. The normalized spacial score (nSPS) is 9.67. The number of nitrogens with zero attached hydrogens (tertiary/aromatic N) is 1. The third kappa shape index (κ3) is 5.14. The smallest absolute Gasteiger partial charge is 0.238 e. The van der Waals surface area contributed by atoms with Crippen molar-refractivity contribution in [2.75, 3.05) is 17.7 Å². The van der Waals surface area contributed by atoms with E-state index in [-0.39, 0.29) is 24.7 Å². The molecule has 0 saturated carbocycles. The number of anilines is 2. The summed E-state index contributed by atoms with van der Waals surface area (Å²) in [6.07, 6.45) is 0.0169. The lowest BCUT2D eigenvalue weighted by Crippen LogP contribution is -2.15. The third-order valence-corrected chi connectivity index (χ3v) is 3.19. The van der Waals surface area contributed by atoms with E-state index in [9.17, 15) is 9.59 Å². The summed E-state index contributed by atoms with van der Waals surface area (Å²) in [7, 11) is 1.59. The predicted octanol–water partition coefficient (Wildman–Crippen LogP) is 2.73. The number of amides is 2. The SMILES string of the molecule is COc1ccc(CC(=O)Nc2cccc(NC(=O)CC#N)c2)cc1. The summed E-state index contributed by atoms with van der Waals surface area (Å²) in [4.78, 5) is 23.5. The lowest BCUT2D eigenvalue weighted by Gasteiger charge is -2.08. The van der Waals surface area contributed by atoms with Crippen LogP contribution in [0, 0.1) is 11.3 Å². The van der Waals surface area contributed by atoms with Crippen LogP contribution >= 0.6 is 0 Å². The Morgan fingerprint density at radius 2 is 1.67 bits per heavy atom. The summed E-state index contributed by atoms with van der Waals surface area (Å²) in [5, 5.41) is 13.9. The summed E-state index contributed by atoms with van der Waals surface area (Å²) in [6, 6.07) is 15.8. The molecular weight excluding hydrogens is 306 g/mol. The van der Waals surface area contributed by atoms with Crippen molar-refractivity contribution >= 4 is 23.2 Å². The molecule has 0 radical (unpaired) electrons. The lowest BCUT2D eigenvalue weighted by molar-refractivity contribution is -0.116. The number of hydrogen-bond donors (Lipinski definition) is 2. The molecule has 0 unspecified atom stereocenters. The van der Waals surface area contributed by atoms with E-state index in [4.69, 9.17) is 10.00 Å². The maximum Gasteiger partial charge on any atom is 0.238 e. The number of methoxy groups -OCH3 is 1. The molecule has 0 fully saturated rings. The Balaban J connectivity index is 1.95. The molecule has 0 spiro atoms. The number of benzene rings is 2. The van der Waals surface area contributed by atoms with Gasteiger partial charge in [0.15, 0.2) is 0 Å². The average molecular weight is 323 g/mol. The van der Waals surface area contributed by atoms with Crippen LogP contribution < -0.4 is 15.4 Å². The summed E-state index contributed by atoms with van der Waals surface area (Å²) < 4.78 is 5.08. The number of nitrogens with one attached hydrogen (secondary N) is 2. The first kappa shape index (κ1) is 17.0. The lowest BCUT2D eigenvalue weighted by atomic mass is 10.1. The molecule has 24 heavy (non-hydrogen) atoms. The van der Waals surface area contributed by atoms with Crippen LogP contribution in [0.3, 0.4) is 0 Å². The topological polar surface area (TPSA) is 91.2 Å². The second-order valence-corrected chi connectivity index (χ2v) is 5.04. The van der Waals surface area contributed by atoms with Crippen LogP contribution in [-0.4, -0.2) is 18.9 Å². The summed E-state index contributed by atoms with van der Waals surface area (Å²) in [6.45, 7) is 0. The fourth-order valence-corrected chi connectivity index (χ4v) is 2.09. The molecule has 2 aromatic rings. The Morgan fingerprint density at radius 3 is 2.25 bits per heavy atom. The summed E-state index contributed by atoms with van der Waals surface area (Å²) in [5.74, 6) is 0.180. The molecule has 0 aliphatic carbocycles. The van der Waals surface area contributed by atoms with Gasteiger partial charge >= 0.3 is 0 Å². The van der Waals surface area contributed by atoms with Gasteiger partial charge in [-0.3, -0.25) is 9.59 Å². The molecule has 0 atom stereocenters. The molecule has 2 aromatic carbocycles. The van der Waals surface area contributed by atoms with Crippen molar-refractivity contribution in [3.8, 4) is 11.8 Å². The molecule has 0 bridgehead atoms. The highest BCUT2D eigenvalue weighted by Crippen LogP contribution is 2.16. The van der Waals surface area contributed by atoms with Crippen molar-refractivity contribution in [2.45, 2.75) is 12.8 Å². The molecule has 2 amide bonds. The number of rotatable bonds is 6. The van der Waals surface area contributed by atoms with Crippen molar-refractivity contribution in [1.82, 2.24) is 0 Å². The molecule has 2 rings (SSSR count). The van der Waals surface area contributed by atoms with E-state index >= 15 is 0 Å². The van der Waals surface area contributed by atoms with Crippen molar-refractivity contribution < 1.29 is 14.3 Å². The van der Waals surface area contributed by atoms with Gasteiger partial charge in [0.05, 0.1) is 19.6 Å². The molecule has 6 heteroatoms. The van der Waals surface area contributed by atoms with Crippen LogP contribution in [0.25, 0.3) is 0 Å². The molecular formula is C18H17N3O3. The minimum atomic E-state index is -0.390. The van der Waals surface area contributed by atoms with Gasteiger partial charge in [-0.2, -0.15) is 5.26 Å². The van der Waals surface area contributed by atoms with Crippen LogP contribution in [0.2, 0.25) is 0 Å². The standard InChI is InChI=1S/C18H17N3O3/c1-24-16-7-5-13(6-8-16)11-18(23)21-15-4-2-3-14(12-15)20-17(22)9-10-19/h2-8,12H,9,11H2,1H3,(H,20,22)(H,21,23). The minimum Gasteiger partial charge on any atom is -0.497 e. The number of hydrogen-bond acceptors (Lipinski definition) is 4. The van der Waals surface area contributed by atoms with Crippen LogP contribution in [0.1, 0.15) is 12.0 Å². The molecule has 0 aliphatic rings. The highest BCUT2D eigenvalue weighted by atomic mass is 16.5. The van der Waals surface area contributed by atoms with Crippen molar-refractivity contribution in [3.63, 3.8) is 0 Å². The fourth-order valence-electron chi connectivity index (χ4n) is 2.09. The third-order valence-electron chi connectivity index (χ3n) is 3.19. The van der Waals surface area contributed by atoms with Gasteiger partial charge < -0.3 is 15.4 Å². The Labute approximate surface area is 140 Å². The molecule has 6 nitrogen and oxygen atoms in total. The second-order valence-electron chi connectivity index (χ2n) is 5.04. The Kier molecular flexibility index (Phi) is 5.92. The van der Waals surface area contributed by atoms with Gasteiger partial charge in [0.25, 0.3) is 0 Å². The maximum absolute atomic E-state index is 12.1. The zero-order valence-corrected chi connectivity index (χ0v) is 13.2. The van der Waals surface area contributed by atoms with E-state index in [1.165, 1.54) is 0 Å². The number of carbonyl (C=O) groups excluding carboxylic acids is 2. The van der Waals surface area contributed by atoms with Gasteiger partial charge in [0, 0.05) is 11.4 Å². The van der Waals surface area contributed by atoms with Gasteiger partial charge in [-0.15, -0.1) is 0 Å². The molecule has 0 saturated heterocycles. The van der Waals surface area contributed by atoms with Crippen LogP contribution in [0.4, 0.5) is 11.4 Å². The average Bonchev–Trinajstić information content (AvgIpc) is 2.56. The largest absolute Gasteiger partial charge is 0.497 e. The van der Waals surface area contributed by atoms with Crippen LogP contribution in [0.15, 0.2) is 48.5 Å². The van der Waals surface area contributed by atoms with Gasteiger partial charge in [0.2, 0.25) is 11.8 Å². The molecule has 122 valence electrons. The number of nitriles is 1. The monoisotopic (exact) mass is 323 g/mol. The van der Waals surface area contributed by atoms with Gasteiger partial charge in [0.1, 0.15) is 12.2 Å². The van der Waals surface area contributed by atoms with E-state index in [1.807, 2.05) is 12.1 Å².